The summed E-state index contributed by atoms with van der Waals surface area (Å²) in [6, 6.07) is 5.44. The molecular formula is C16H21FN2. The summed E-state index contributed by atoms with van der Waals surface area (Å²) in [6.07, 6.45) is 3.53. The van der Waals surface area contributed by atoms with Crippen LogP contribution in [0.25, 0.3) is 0 Å². The van der Waals surface area contributed by atoms with Crippen molar-refractivity contribution in [2.24, 2.45) is 11.8 Å². The van der Waals surface area contributed by atoms with Crippen LogP contribution in [0.4, 0.5) is 10.1 Å². The second-order valence-corrected chi connectivity index (χ2v) is 5.89. The zero-order chi connectivity index (χ0) is 14.0. The third-order valence-electron chi connectivity index (χ3n) is 4.25. The Labute approximate surface area is 114 Å². The zero-order valence-electron chi connectivity index (χ0n) is 11.8. The maximum atomic E-state index is 13.7. The molecule has 1 saturated carbocycles. The lowest BCUT2D eigenvalue weighted by molar-refractivity contribution is 0.276. The monoisotopic (exact) mass is 260 g/mol. The van der Waals surface area contributed by atoms with Crippen molar-refractivity contribution in [1.29, 1.82) is 5.26 Å². The van der Waals surface area contributed by atoms with Gasteiger partial charge in [0, 0.05) is 17.3 Å². The number of anilines is 1. The van der Waals surface area contributed by atoms with E-state index in [1.54, 1.807) is 13.0 Å². The molecule has 1 aliphatic rings. The third-order valence-corrected chi connectivity index (χ3v) is 4.25. The van der Waals surface area contributed by atoms with Crippen LogP contribution in [0.2, 0.25) is 0 Å². The van der Waals surface area contributed by atoms with Crippen molar-refractivity contribution in [1.82, 2.24) is 0 Å². The summed E-state index contributed by atoms with van der Waals surface area (Å²) in [5.74, 6) is 1.05. The predicted octanol–water partition coefficient (Wildman–Crippen LogP) is 4.24. The number of benzene rings is 1. The number of nitriles is 1. The van der Waals surface area contributed by atoms with Crippen molar-refractivity contribution in [2.75, 3.05) is 5.32 Å². The molecule has 3 atom stereocenters. The second kappa shape index (κ2) is 5.61. The molecule has 0 saturated heterocycles. The van der Waals surface area contributed by atoms with Crippen LogP contribution in [0.5, 0.6) is 0 Å². The first-order chi connectivity index (χ1) is 9.01. The summed E-state index contributed by atoms with van der Waals surface area (Å²) in [7, 11) is 0. The molecule has 3 heteroatoms. The molecule has 1 fully saturated rings. The minimum atomic E-state index is -0.307. The molecule has 1 aromatic rings. The van der Waals surface area contributed by atoms with Gasteiger partial charge in [0.15, 0.2) is 0 Å². The van der Waals surface area contributed by atoms with Crippen LogP contribution < -0.4 is 5.32 Å². The first-order valence-corrected chi connectivity index (χ1v) is 6.98. The standard InChI is InChI=1S/C16H21FN2/c1-10-4-5-15(11(2)6-10)19-16-8-13(9-18)7-14(17)12(16)3/h7-8,10-11,15,19H,4-6H2,1-3H3. The van der Waals surface area contributed by atoms with Crippen molar-refractivity contribution in [3.63, 3.8) is 0 Å². The molecular weight excluding hydrogens is 239 g/mol. The minimum Gasteiger partial charge on any atom is -0.382 e. The van der Waals surface area contributed by atoms with E-state index < -0.39 is 0 Å². The van der Waals surface area contributed by atoms with Gasteiger partial charge in [-0.3, -0.25) is 0 Å². The normalized spacial score (nSPS) is 26.8. The van der Waals surface area contributed by atoms with E-state index in [0.717, 1.165) is 18.0 Å². The van der Waals surface area contributed by atoms with Crippen molar-refractivity contribution in [3.8, 4) is 6.07 Å². The minimum absolute atomic E-state index is 0.307. The van der Waals surface area contributed by atoms with Gasteiger partial charge >= 0.3 is 0 Å². The third kappa shape index (κ3) is 3.07. The molecule has 0 aromatic heterocycles. The summed E-state index contributed by atoms with van der Waals surface area (Å²) in [5.41, 5.74) is 1.75. The summed E-state index contributed by atoms with van der Waals surface area (Å²) in [5, 5.41) is 12.4. The highest BCUT2D eigenvalue weighted by Crippen LogP contribution is 2.32. The lowest BCUT2D eigenvalue weighted by Gasteiger charge is -2.34. The fourth-order valence-electron chi connectivity index (χ4n) is 2.97. The van der Waals surface area contributed by atoms with Gasteiger partial charge in [-0.1, -0.05) is 13.8 Å². The molecule has 1 aliphatic carbocycles. The van der Waals surface area contributed by atoms with Gasteiger partial charge in [0.05, 0.1) is 11.6 Å². The second-order valence-electron chi connectivity index (χ2n) is 5.89. The molecule has 0 spiro atoms. The number of hydrogen-bond donors (Lipinski definition) is 1. The van der Waals surface area contributed by atoms with Crippen LogP contribution in [0, 0.1) is 35.9 Å². The number of rotatable bonds is 2. The Balaban J connectivity index is 2.19. The molecule has 102 valence electrons. The van der Waals surface area contributed by atoms with Gasteiger partial charge in [0.2, 0.25) is 0 Å². The number of nitrogens with one attached hydrogen (secondary N) is 1. The molecule has 1 aromatic carbocycles. The van der Waals surface area contributed by atoms with E-state index in [2.05, 4.69) is 19.2 Å². The molecule has 2 rings (SSSR count). The zero-order valence-corrected chi connectivity index (χ0v) is 11.8. The molecule has 0 heterocycles. The van der Waals surface area contributed by atoms with E-state index in [1.165, 1.54) is 18.9 Å². The quantitative estimate of drug-likeness (QED) is 0.863. The van der Waals surface area contributed by atoms with Crippen molar-refractivity contribution < 1.29 is 4.39 Å². The molecule has 0 aliphatic heterocycles. The van der Waals surface area contributed by atoms with Crippen LogP contribution in [-0.2, 0) is 0 Å². The van der Waals surface area contributed by atoms with Crippen molar-refractivity contribution >= 4 is 5.69 Å². The molecule has 0 radical (unpaired) electrons. The summed E-state index contributed by atoms with van der Waals surface area (Å²) >= 11 is 0. The average molecular weight is 260 g/mol. The van der Waals surface area contributed by atoms with Gasteiger partial charge in [-0.15, -0.1) is 0 Å². The first-order valence-electron chi connectivity index (χ1n) is 6.98. The fourth-order valence-corrected chi connectivity index (χ4v) is 2.97. The number of nitrogens with zero attached hydrogens (tertiary/aromatic N) is 1. The molecule has 2 nitrogen and oxygen atoms in total. The lowest BCUT2D eigenvalue weighted by atomic mass is 9.79. The molecule has 0 bridgehead atoms. The maximum absolute atomic E-state index is 13.7. The van der Waals surface area contributed by atoms with Gasteiger partial charge in [0.25, 0.3) is 0 Å². The van der Waals surface area contributed by atoms with Crippen LogP contribution in [0.3, 0.4) is 0 Å². The SMILES string of the molecule is Cc1c(F)cc(C#N)cc1NC1CCC(C)CC1C. The maximum Gasteiger partial charge on any atom is 0.129 e. The van der Waals surface area contributed by atoms with Gasteiger partial charge in [-0.2, -0.15) is 5.26 Å². The van der Waals surface area contributed by atoms with Gasteiger partial charge < -0.3 is 5.32 Å². The topological polar surface area (TPSA) is 35.8 Å². The Morgan fingerprint density at radius 1 is 1.32 bits per heavy atom. The lowest BCUT2D eigenvalue weighted by Crippen LogP contribution is -2.33. The smallest absolute Gasteiger partial charge is 0.129 e. The largest absolute Gasteiger partial charge is 0.382 e. The van der Waals surface area contributed by atoms with Gasteiger partial charge in [-0.05, 0) is 50.2 Å². The van der Waals surface area contributed by atoms with E-state index in [4.69, 9.17) is 5.26 Å². The van der Waals surface area contributed by atoms with E-state index in [-0.39, 0.29) is 5.82 Å². The molecule has 0 amide bonds. The molecule has 1 N–H and O–H groups in total. The van der Waals surface area contributed by atoms with Crippen LogP contribution in [0.15, 0.2) is 12.1 Å². The van der Waals surface area contributed by atoms with E-state index in [0.29, 0.717) is 23.1 Å². The van der Waals surface area contributed by atoms with E-state index in [1.807, 2.05) is 6.07 Å². The number of halogens is 1. The van der Waals surface area contributed by atoms with E-state index in [9.17, 15) is 4.39 Å². The number of hydrogen-bond acceptors (Lipinski definition) is 2. The Morgan fingerprint density at radius 3 is 2.68 bits per heavy atom. The Morgan fingerprint density at radius 2 is 2.05 bits per heavy atom. The molecule has 3 unspecified atom stereocenters. The highest BCUT2D eigenvalue weighted by Gasteiger charge is 2.25. The fraction of sp³-hybridized carbons (Fsp3) is 0.562. The van der Waals surface area contributed by atoms with Crippen molar-refractivity contribution in [2.45, 2.75) is 46.1 Å². The summed E-state index contributed by atoms with van der Waals surface area (Å²) in [4.78, 5) is 0. The first kappa shape index (κ1) is 13.9. The van der Waals surface area contributed by atoms with Crippen LogP contribution in [-0.4, -0.2) is 6.04 Å². The van der Waals surface area contributed by atoms with Gasteiger partial charge in [-0.25, -0.2) is 4.39 Å². The average Bonchev–Trinajstić information content (AvgIpc) is 2.37. The Kier molecular flexibility index (Phi) is 4.09. The van der Waals surface area contributed by atoms with Crippen molar-refractivity contribution in [3.05, 3.63) is 29.1 Å². The predicted molar refractivity (Wildman–Crippen MR) is 75.4 cm³/mol. The molecule has 19 heavy (non-hydrogen) atoms. The van der Waals surface area contributed by atoms with E-state index >= 15 is 0 Å². The highest BCUT2D eigenvalue weighted by molar-refractivity contribution is 5.56. The Hall–Kier alpha value is -1.56. The highest BCUT2D eigenvalue weighted by atomic mass is 19.1. The Bertz CT molecular complexity index is 504. The summed E-state index contributed by atoms with van der Waals surface area (Å²) in [6.45, 7) is 6.29. The van der Waals surface area contributed by atoms with Crippen LogP contribution in [0.1, 0.15) is 44.2 Å². The summed E-state index contributed by atoms with van der Waals surface area (Å²) < 4.78 is 13.7. The van der Waals surface area contributed by atoms with Crippen LogP contribution >= 0.6 is 0 Å². The van der Waals surface area contributed by atoms with Gasteiger partial charge in [0.1, 0.15) is 5.82 Å².